The topological polar surface area (TPSA) is 130 Å². The lowest BCUT2D eigenvalue weighted by Crippen LogP contribution is -2.21. The largest absolute Gasteiger partial charge is 0.493 e. The van der Waals surface area contributed by atoms with Gasteiger partial charge < -0.3 is 29.7 Å². The fraction of sp³-hybridized carbons (Fsp3) is 0.240. The molecule has 3 N–H and O–H groups in total. The summed E-state index contributed by atoms with van der Waals surface area (Å²) >= 11 is 0. The van der Waals surface area contributed by atoms with Crippen LogP contribution in [0.2, 0.25) is 0 Å². The number of nitrogen functional groups attached to an aromatic ring is 1. The monoisotopic (exact) mass is 466 g/mol. The first-order valence-electron chi connectivity index (χ1n) is 10.6. The summed E-state index contributed by atoms with van der Waals surface area (Å²) in [6.45, 7) is 1.80. The van der Waals surface area contributed by atoms with E-state index in [0.29, 0.717) is 29.2 Å². The number of nitrogens with two attached hydrogens (primary N) is 1. The van der Waals surface area contributed by atoms with Gasteiger partial charge >= 0.3 is 11.6 Å². The standard InChI is InChI=1S/C25H26N2O7/c1-4-33-24(29)17-13-19(27-23(28)15-8-6-5-7-9-15)25(30)34-20(17)11-10-16-12-21(31-2)22(32-3)14-18(16)26/h5-9,12-14H,4,10-11,26H2,1-3H3,(H,27,28). The van der Waals surface area contributed by atoms with E-state index in [4.69, 9.17) is 24.4 Å². The summed E-state index contributed by atoms with van der Waals surface area (Å²) in [5.74, 6) is -0.0700. The molecule has 1 heterocycles. The summed E-state index contributed by atoms with van der Waals surface area (Å²) in [7, 11) is 3.02. The lowest BCUT2D eigenvalue weighted by Gasteiger charge is -2.13. The van der Waals surface area contributed by atoms with E-state index in [2.05, 4.69) is 5.32 Å². The van der Waals surface area contributed by atoms with Crippen LogP contribution in [-0.4, -0.2) is 32.7 Å². The molecule has 0 aliphatic heterocycles. The highest BCUT2D eigenvalue weighted by Gasteiger charge is 2.21. The Bertz CT molecular complexity index is 1240. The number of anilines is 2. The summed E-state index contributed by atoms with van der Waals surface area (Å²) in [6.07, 6.45) is 0.521. The van der Waals surface area contributed by atoms with Crippen molar-refractivity contribution in [1.82, 2.24) is 0 Å². The molecule has 9 nitrogen and oxygen atoms in total. The zero-order chi connectivity index (χ0) is 24.7. The minimum atomic E-state index is -0.785. The zero-order valence-corrected chi connectivity index (χ0v) is 19.2. The van der Waals surface area contributed by atoms with Crippen molar-refractivity contribution in [2.24, 2.45) is 0 Å². The third-order valence-corrected chi connectivity index (χ3v) is 5.07. The molecule has 1 amide bonds. The lowest BCUT2D eigenvalue weighted by atomic mass is 10.0. The van der Waals surface area contributed by atoms with E-state index in [-0.39, 0.29) is 30.0 Å². The molecule has 0 aliphatic carbocycles. The molecule has 9 heteroatoms. The molecule has 0 atom stereocenters. The number of esters is 1. The number of aryl methyl sites for hydroxylation is 2. The van der Waals surface area contributed by atoms with Crippen molar-refractivity contribution in [3.63, 3.8) is 0 Å². The quantitative estimate of drug-likeness (QED) is 0.362. The van der Waals surface area contributed by atoms with Gasteiger partial charge in [-0.15, -0.1) is 0 Å². The highest BCUT2D eigenvalue weighted by molar-refractivity contribution is 6.04. The van der Waals surface area contributed by atoms with Gasteiger partial charge in [0.1, 0.15) is 17.0 Å². The van der Waals surface area contributed by atoms with Gasteiger partial charge in [-0.2, -0.15) is 0 Å². The van der Waals surface area contributed by atoms with Crippen LogP contribution in [0.15, 0.2) is 57.7 Å². The van der Waals surface area contributed by atoms with Crippen LogP contribution >= 0.6 is 0 Å². The Morgan fingerprint density at radius 2 is 1.68 bits per heavy atom. The van der Waals surface area contributed by atoms with Gasteiger partial charge in [-0.3, -0.25) is 4.79 Å². The number of amides is 1. The van der Waals surface area contributed by atoms with E-state index in [1.54, 1.807) is 49.4 Å². The molecule has 0 bridgehead atoms. The molecule has 0 fully saturated rings. The van der Waals surface area contributed by atoms with Crippen molar-refractivity contribution >= 4 is 23.3 Å². The predicted molar refractivity (Wildman–Crippen MR) is 127 cm³/mol. The molecule has 0 saturated carbocycles. The van der Waals surface area contributed by atoms with Crippen LogP contribution in [0.1, 0.15) is 39.0 Å². The highest BCUT2D eigenvalue weighted by Crippen LogP contribution is 2.32. The van der Waals surface area contributed by atoms with Gasteiger partial charge in [0.2, 0.25) is 0 Å². The smallest absolute Gasteiger partial charge is 0.359 e. The summed E-state index contributed by atoms with van der Waals surface area (Å²) < 4.78 is 21.1. The molecule has 0 spiro atoms. The van der Waals surface area contributed by atoms with E-state index < -0.39 is 17.5 Å². The predicted octanol–water partition coefficient (Wildman–Crippen LogP) is 3.45. The molecule has 3 rings (SSSR count). The Balaban J connectivity index is 1.91. The van der Waals surface area contributed by atoms with Crippen molar-refractivity contribution < 1.29 is 28.2 Å². The van der Waals surface area contributed by atoms with E-state index in [1.807, 2.05) is 0 Å². The van der Waals surface area contributed by atoms with Crippen molar-refractivity contribution in [2.75, 3.05) is 31.9 Å². The SMILES string of the molecule is CCOC(=O)c1cc(NC(=O)c2ccccc2)c(=O)oc1CCc1cc(OC)c(OC)cc1N. The number of benzene rings is 2. The second-order valence-corrected chi connectivity index (χ2v) is 7.23. The minimum absolute atomic E-state index is 0.0452. The van der Waals surface area contributed by atoms with Crippen molar-refractivity contribution in [1.29, 1.82) is 0 Å². The van der Waals surface area contributed by atoms with Gasteiger partial charge in [0.05, 0.1) is 20.8 Å². The number of rotatable bonds is 9. The van der Waals surface area contributed by atoms with E-state index in [1.165, 1.54) is 20.3 Å². The first-order chi connectivity index (χ1) is 16.4. The zero-order valence-electron chi connectivity index (χ0n) is 19.2. The fourth-order valence-corrected chi connectivity index (χ4v) is 3.35. The molecule has 1 aromatic heterocycles. The second kappa shape index (κ2) is 11.0. The molecule has 34 heavy (non-hydrogen) atoms. The van der Waals surface area contributed by atoms with Crippen LogP contribution in [0.4, 0.5) is 11.4 Å². The van der Waals surface area contributed by atoms with Crippen molar-refractivity contribution in [3.8, 4) is 11.5 Å². The van der Waals surface area contributed by atoms with E-state index in [0.717, 1.165) is 5.56 Å². The second-order valence-electron chi connectivity index (χ2n) is 7.23. The Labute approximate surface area is 196 Å². The van der Waals surface area contributed by atoms with Crippen LogP contribution < -0.4 is 26.1 Å². The number of methoxy groups -OCH3 is 2. The Morgan fingerprint density at radius 1 is 1.00 bits per heavy atom. The number of hydrogen-bond acceptors (Lipinski definition) is 8. The van der Waals surface area contributed by atoms with E-state index >= 15 is 0 Å². The van der Waals surface area contributed by atoms with Gasteiger partial charge in [-0.25, -0.2) is 9.59 Å². The molecule has 0 aliphatic rings. The number of carbonyl (C=O) groups excluding carboxylic acids is 2. The molecule has 0 saturated heterocycles. The van der Waals surface area contributed by atoms with E-state index in [9.17, 15) is 14.4 Å². The number of carbonyl (C=O) groups is 2. The molecule has 2 aromatic carbocycles. The Hall–Kier alpha value is -4.27. The molecular formula is C25H26N2O7. The first-order valence-corrected chi connectivity index (χ1v) is 10.6. The molecule has 0 unspecified atom stereocenters. The molecule has 178 valence electrons. The minimum Gasteiger partial charge on any atom is -0.493 e. The van der Waals surface area contributed by atoms with Crippen LogP contribution in [0.25, 0.3) is 0 Å². The molecule has 0 radical (unpaired) electrons. The molecular weight excluding hydrogens is 440 g/mol. The average Bonchev–Trinajstić information content (AvgIpc) is 2.84. The number of nitrogens with one attached hydrogen (secondary N) is 1. The average molecular weight is 466 g/mol. The maximum absolute atomic E-state index is 12.6. The lowest BCUT2D eigenvalue weighted by molar-refractivity contribution is 0.0521. The van der Waals surface area contributed by atoms with Crippen LogP contribution in [0, 0.1) is 0 Å². The summed E-state index contributed by atoms with van der Waals surface area (Å²) in [6, 6.07) is 13.0. The molecule has 3 aromatic rings. The maximum atomic E-state index is 12.6. The third-order valence-electron chi connectivity index (χ3n) is 5.07. The van der Waals surface area contributed by atoms with Crippen LogP contribution in [-0.2, 0) is 17.6 Å². The number of ether oxygens (including phenoxy) is 3. The fourth-order valence-electron chi connectivity index (χ4n) is 3.35. The Morgan fingerprint density at radius 3 is 2.32 bits per heavy atom. The summed E-state index contributed by atoms with van der Waals surface area (Å²) in [5.41, 5.74) is 6.76. The van der Waals surface area contributed by atoms with Crippen LogP contribution in [0.5, 0.6) is 11.5 Å². The third kappa shape index (κ3) is 5.55. The van der Waals surface area contributed by atoms with Crippen LogP contribution in [0.3, 0.4) is 0 Å². The maximum Gasteiger partial charge on any atom is 0.359 e. The van der Waals surface area contributed by atoms with Gasteiger partial charge in [-0.1, -0.05) is 18.2 Å². The highest BCUT2D eigenvalue weighted by atomic mass is 16.5. The number of hydrogen-bond donors (Lipinski definition) is 2. The van der Waals surface area contributed by atoms with Gasteiger partial charge in [0.15, 0.2) is 11.5 Å². The summed E-state index contributed by atoms with van der Waals surface area (Å²) in [4.78, 5) is 37.7. The van der Waals surface area contributed by atoms with Gasteiger partial charge in [0.25, 0.3) is 5.91 Å². The normalized spacial score (nSPS) is 10.4. The van der Waals surface area contributed by atoms with Crippen molar-refractivity contribution in [2.45, 2.75) is 19.8 Å². The Kier molecular flexibility index (Phi) is 7.92. The first kappa shape index (κ1) is 24.4. The van der Waals surface area contributed by atoms with Gasteiger partial charge in [-0.05, 0) is 43.2 Å². The van der Waals surface area contributed by atoms with Gasteiger partial charge in [0, 0.05) is 23.7 Å². The van der Waals surface area contributed by atoms with Crippen molar-refractivity contribution in [3.05, 3.63) is 81.4 Å². The summed E-state index contributed by atoms with van der Waals surface area (Å²) in [5, 5.41) is 2.50.